The zero-order valence-electron chi connectivity index (χ0n) is 8.77. The maximum atomic E-state index is 10.7. The molecule has 0 fully saturated rings. The molecule has 17 heavy (non-hydrogen) atoms. The molecule has 0 unspecified atom stereocenters. The van der Waals surface area contributed by atoms with Crippen molar-refractivity contribution < 1.29 is 9.90 Å². The van der Waals surface area contributed by atoms with Crippen LogP contribution in [0.2, 0.25) is 0 Å². The van der Waals surface area contributed by atoms with Crippen LogP contribution in [0.5, 0.6) is 0 Å². The van der Waals surface area contributed by atoms with Crippen LogP contribution in [0.25, 0.3) is 0 Å². The Morgan fingerprint density at radius 1 is 1.41 bits per heavy atom. The van der Waals surface area contributed by atoms with Crippen molar-refractivity contribution in [1.29, 1.82) is 0 Å². The molecule has 0 radical (unpaired) electrons. The van der Waals surface area contributed by atoms with Gasteiger partial charge in [0.05, 0.1) is 5.56 Å². The summed E-state index contributed by atoms with van der Waals surface area (Å²) in [5.41, 5.74) is 0.365. The van der Waals surface area contributed by atoms with Gasteiger partial charge in [-0.2, -0.15) is 0 Å². The summed E-state index contributed by atoms with van der Waals surface area (Å²) in [5.74, 6) is -0.867. The fourth-order valence-electron chi connectivity index (χ4n) is 1.34. The minimum absolute atomic E-state index is 0.365. The Labute approximate surface area is 115 Å². The number of carboxylic acids is 1. The third-order valence-corrected chi connectivity index (χ3v) is 5.04. The molecule has 2 N–H and O–H groups in total. The Balaban J connectivity index is 1.86. The van der Waals surface area contributed by atoms with Gasteiger partial charge < -0.3 is 10.4 Å². The number of aromatic carboxylic acids is 1. The average molecular weight is 332 g/mol. The van der Waals surface area contributed by atoms with Gasteiger partial charge in [0, 0.05) is 32.7 Å². The molecule has 0 aliphatic rings. The normalized spacial score (nSPS) is 10.6. The lowest BCUT2D eigenvalue weighted by Gasteiger charge is -2.01. The molecule has 2 rings (SSSR count). The summed E-state index contributed by atoms with van der Waals surface area (Å²) < 4.78 is 1.12. The molecule has 0 atom stereocenters. The van der Waals surface area contributed by atoms with Crippen molar-refractivity contribution in [2.24, 2.45) is 0 Å². The Hall–Kier alpha value is -0.690. The highest BCUT2D eigenvalue weighted by Crippen LogP contribution is 2.22. The molecule has 0 spiro atoms. The van der Waals surface area contributed by atoms with Crippen molar-refractivity contribution in [1.82, 2.24) is 5.32 Å². The molecule has 2 heterocycles. The Morgan fingerprint density at radius 3 is 2.82 bits per heavy atom. The van der Waals surface area contributed by atoms with Crippen LogP contribution in [0.1, 0.15) is 20.1 Å². The number of rotatable bonds is 5. The van der Waals surface area contributed by atoms with Crippen molar-refractivity contribution in [3.05, 3.63) is 42.7 Å². The van der Waals surface area contributed by atoms with Gasteiger partial charge in [0.2, 0.25) is 0 Å². The summed E-state index contributed by atoms with van der Waals surface area (Å²) in [5, 5.41) is 15.8. The van der Waals surface area contributed by atoms with E-state index in [2.05, 4.69) is 21.2 Å². The van der Waals surface area contributed by atoms with Gasteiger partial charge >= 0.3 is 5.97 Å². The standard InChI is InChI=1S/C11H10BrNO2S2/c12-9-1-2-16-10(9)5-13-4-8-3-7(6-17-8)11(14)15/h1-3,6,13H,4-5H2,(H,14,15). The highest BCUT2D eigenvalue weighted by molar-refractivity contribution is 9.10. The Kier molecular flexibility index (Phi) is 4.33. The molecule has 0 saturated heterocycles. The topological polar surface area (TPSA) is 49.3 Å². The van der Waals surface area contributed by atoms with Crippen LogP contribution in [0.3, 0.4) is 0 Å². The Morgan fingerprint density at radius 2 is 2.24 bits per heavy atom. The molecule has 6 heteroatoms. The summed E-state index contributed by atoms with van der Waals surface area (Å²) in [6.45, 7) is 1.49. The van der Waals surface area contributed by atoms with E-state index in [1.165, 1.54) is 16.2 Å². The van der Waals surface area contributed by atoms with E-state index in [0.29, 0.717) is 12.1 Å². The number of hydrogen-bond donors (Lipinski definition) is 2. The van der Waals surface area contributed by atoms with Crippen molar-refractivity contribution in [3.63, 3.8) is 0 Å². The quantitative estimate of drug-likeness (QED) is 0.880. The second-order valence-corrected chi connectivity index (χ2v) is 6.25. The van der Waals surface area contributed by atoms with Crippen LogP contribution in [0.4, 0.5) is 0 Å². The monoisotopic (exact) mass is 331 g/mol. The predicted octanol–water partition coefficient (Wildman–Crippen LogP) is 3.56. The predicted molar refractivity (Wildman–Crippen MR) is 73.8 cm³/mol. The fraction of sp³-hybridized carbons (Fsp3) is 0.182. The molecule has 90 valence electrons. The lowest BCUT2D eigenvalue weighted by molar-refractivity contribution is 0.0697. The molecule has 0 saturated carbocycles. The van der Waals surface area contributed by atoms with E-state index in [4.69, 9.17) is 5.11 Å². The van der Waals surface area contributed by atoms with Gasteiger partial charge in [0.25, 0.3) is 0 Å². The summed E-state index contributed by atoms with van der Waals surface area (Å²) in [6.07, 6.45) is 0. The number of hydrogen-bond acceptors (Lipinski definition) is 4. The summed E-state index contributed by atoms with van der Waals surface area (Å²) in [7, 11) is 0. The van der Waals surface area contributed by atoms with Crippen LogP contribution in [0, 0.1) is 0 Å². The van der Waals surface area contributed by atoms with Gasteiger partial charge in [-0.05, 0) is 33.4 Å². The fourth-order valence-corrected chi connectivity index (χ4v) is 3.63. The van der Waals surface area contributed by atoms with E-state index in [9.17, 15) is 4.79 Å². The van der Waals surface area contributed by atoms with E-state index in [0.717, 1.165) is 15.9 Å². The molecule has 2 aromatic heterocycles. The van der Waals surface area contributed by atoms with E-state index in [1.54, 1.807) is 22.8 Å². The first-order chi connectivity index (χ1) is 8.16. The molecule has 0 aromatic carbocycles. The maximum Gasteiger partial charge on any atom is 0.336 e. The van der Waals surface area contributed by atoms with Crippen LogP contribution in [-0.2, 0) is 13.1 Å². The molecule has 0 aliphatic carbocycles. The van der Waals surface area contributed by atoms with E-state index in [1.807, 2.05) is 11.4 Å². The van der Waals surface area contributed by atoms with Gasteiger partial charge in [0.1, 0.15) is 0 Å². The first-order valence-electron chi connectivity index (χ1n) is 4.90. The third-order valence-electron chi connectivity index (χ3n) is 2.18. The summed E-state index contributed by atoms with van der Waals surface area (Å²) in [4.78, 5) is 13.0. The zero-order chi connectivity index (χ0) is 12.3. The first-order valence-corrected chi connectivity index (χ1v) is 7.45. The van der Waals surface area contributed by atoms with Crippen molar-refractivity contribution >= 4 is 44.6 Å². The molecular formula is C11H10BrNO2S2. The average Bonchev–Trinajstić information content (AvgIpc) is 2.89. The lowest BCUT2D eigenvalue weighted by Crippen LogP contribution is -2.11. The molecule has 3 nitrogen and oxygen atoms in total. The number of carboxylic acid groups (broad SMARTS) is 1. The molecule has 0 aliphatic heterocycles. The second-order valence-electron chi connectivity index (χ2n) is 3.40. The van der Waals surface area contributed by atoms with Gasteiger partial charge in [-0.1, -0.05) is 0 Å². The Bertz CT molecular complexity index is 521. The maximum absolute atomic E-state index is 10.7. The van der Waals surface area contributed by atoms with Crippen LogP contribution >= 0.6 is 38.6 Å². The molecular weight excluding hydrogens is 322 g/mol. The number of halogens is 1. The smallest absolute Gasteiger partial charge is 0.336 e. The summed E-state index contributed by atoms with van der Waals surface area (Å²) >= 11 is 6.63. The van der Waals surface area contributed by atoms with Gasteiger partial charge in [-0.3, -0.25) is 0 Å². The minimum atomic E-state index is -0.867. The molecule has 2 aromatic rings. The zero-order valence-corrected chi connectivity index (χ0v) is 12.0. The number of carbonyl (C=O) groups is 1. The van der Waals surface area contributed by atoms with E-state index in [-0.39, 0.29) is 0 Å². The minimum Gasteiger partial charge on any atom is -0.478 e. The van der Waals surface area contributed by atoms with Crippen LogP contribution < -0.4 is 5.32 Å². The largest absolute Gasteiger partial charge is 0.478 e. The number of thiophene rings is 2. The van der Waals surface area contributed by atoms with Crippen LogP contribution in [0.15, 0.2) is 27.4 Å². The van der Waals surface area contributed by atoms with E-state index >= 15 is 0 Å². The SMILES string of the molecule is O=C(O)c1csc(CNCc2sccc2Br)c1. The molecule has 0 bridgehead atoms. The second kappa shape index (κ2) is 5.77. The van der Waals surface area contributed by atoms with Crippen molar-refractivity contribution in [2.75, 3.05) is 0 Å². The highest BCUT2D eigenvalue weighted by atomic mass is 79.9. The highest BCUT2D eigenvalue weighted by Gasteiger charge is 2.06. The van der Waals surface area contributed by atoms with Gasteiger partial charge in [0.15, 0.2) is 0 Å². The third kappa shape index (κ3) is 3.38. The van der Waals surface area contributed by atoms with E-state index < -0.39 is 5.97 Å². The van der Waals surface area contributed by atoms with Crippen molar-refractivity contribution in [3.8, 4) is 0 Å². The van der Waals surface area contributed by atoms with Gasteiger partial charge in [-0.15, -0.1) is 22.7 Å². The van der Waals surface area contributed by atoms with Crippen molar-refractivity contribution in [2.45, 2.75) is 13.1 Å². The molecule has 0 amide bonds. The van der Waals surface area contributed by atoms with Gasteiger partial charge in [-0.25, -0.2) is 4.79 Å². The summed E-state index contributed by atoms with van der Waals surface area (Å²) in [6, 6.07) is 3.73. The lowest BCUT2D eigenvalue weighted by atomic mass is 10.3. The number of nitrogens with one attached hydrogen (secondary N) is 1. The first kappa shape index (κ1) is 12.8. The van der Waals surface area contributed by atoms with Crippen LogP contribution in [-0.4, -0.2) is 11.1 Å².